The van der Waals surface area contributed by atoms with E-state index in [-0.39, 0.29) is 12.4 Å². The van der Waals surface area contributed by atoms with Crippen molar-refractivity contribution >= 4 is 0 Å². The first kappa shape index (κ1) is 11.0. The number of alkyl halides is 1. The van der Waals surface area contributed by atoms with E-state index in [0.29, 0.717) is 6.42 Å². The third-order valence-electron chi connectivity index (χ3n) is 1.95. The second-order valence-electron chi connectivity index (χ2n) is 3.25. The quantitative estimate of drug-likeness (QED) is 0.724. The zero-order chi connectivity index (χ0) is 10.6. The molecule has 0 bridgehead atoms. The van der Waals surface area contributed by atoms with Crippen molar-refractivity contribution in [3.8, 4) is 5.75 Å². The Labute approximate surface area is 82.7 Å². The van der Waals surface area contributed by atoms with E-state index in [4.69, 9.17) is 4.74 Å². The molecule has 0 aliphatic rings. The van der Waals surface area contributed by atoms with Gasteiger partial charge in [-0.05, 0) is 31.0 Å². The van der Waals surface area contributed by atoms with E-state index < -0.39 is 12.0 Å². The molecule has 1 aromatic carbocycles. The predicted molar refractivity (Wildman–Crippen MR) is 51.8 cm³/mol. The van der Waals surface area contributed by atoms with Crippen molar-refractivity contribution in [2.75, 3.05) is 6.61 Å². The zero-order valence-corrected chi connectivity index (χ0v) is 8.39. The predicted octanol–water partition coefficient (Wildman–Crippen LogP) is 3.26. The minimum absolute atomic E-state index is 0.0864. The highest BCUT2D eigenvalue weighted by Crippen LogP contribution is 2.18. The first-order valence-electron chi connectivity index (χ1n) is 4.66. The summed E-state index contributed by atoms with van der Waals surface area (Å²) in [4.78, 5) is 0. The van der Waals surface area contributed by atoms with E-state index in [1.54, 1.807) is 19.1 Å². The lowest BCUT2D eigenvalue weighted by atomic mass is 10.2. The summed E-state index contributed by atoms with van der Waals surface area (Å²) in [5.41, 5.74) is 0.897. The van der Waals surface area contributed by atoms with Crippen molar-refractivity contribution in [2.24, 2.45) is 0 Å². The summed E-state index contributed by atoms with van der Waals surface area (Å²) < 4.78 is 30.9. The molecule has 1 rings (SSSR count). The molecule has 3 heteroatoms. The SMILES string of the molecule is CCC(F)COc1cc(C)ccc1F. The fourth-order valence-electron chi connectivity index (χ4n) is 1.02. The number of halogens is 2. The van der Waals surface area contributed by atoms with Crippen molar-refractivity contribution in [2.45, 2.75) is 26.4 Å². The van der Waals surface area contributed by atoms with Crippen LogP contribution in [0.4, 0.5) is 8.78 Å². The zero-order valence-electron chi connectivity index (χ0n) is 8.39. The lowest BCUT2D eigenvalue weighted by Crippen LogP contribution is -2.12. The molecule has 0 radical (unpaired) electrons. The van der Waals surface area contributed by atoms with Crippen LogP contribution in [0.5, 0.6) is 5.75 Å². The summed E-state index contributed by atoms with van der Waals surface area (Å²) in [6.07, 6.45) is -0.650. The van der Waals surface area contributed by atoms with Gasteiger partial charge in [-0.2, -0.15) is 0 Å². The highest BCUT2D eigenvalue weighted by molar-refractivity contribution is 5.29. The van der Waals surface area contributed by atoms with Crippen LogP contribution in [0, 0.1) is 12.7 Å². The van der Waals surface area contributed by atoms with Crippen molar-refractivity contribution in [3.63, 3.8) is 0 Å². The Morgan fingerprint density at radius 2 is 2.14 bits per heavy atom. The Hall–Kier alpha value is -1.12. The lowest BCUT2D eigenvalue weighted by molar-refractivity contribution is 0.186. The molecule has 0 N–H and O–H groups in total. The smallest absolute Gasteiger partial charge is 0.165 e. The molecule has 1 nitrogen and oxygen atoms in total. The van der Waals surface area contributed by atoms with E-state index in [1.807, 2.05) is 6.92 Å². The van der Waals surface area contributed by atoms with Gasteiger partial charge in [-0.25, -0.2) is 8.78 Å². The molecule has 0 fully saturated rings. The summed E-state index contributed by atoms with van der Waals surface area (Å²) >= 11 is 0. The van der Waals surface area contributed by atoms with E-state index in [9.17, 15) is 8.78 Å². The molecule has 1 unspecified atom stereocenters. The van der Waals surface area contributed by atoms with Gasteiger partial charge in [0.1, 0.15) is 12.8 Å². The van der Waals surface area contributed by atoms with Crippen LogP contribution >= 0.6 is 0 Å². The molecular formula is C11H14F2O. The molecule has 1 atom stereocenters. The van der Waals surface area contributed by atoms with E-state index in [1.165, 1.54) is 6.07 Å². The highest BCUT2D eigenvalue weighted by atomic mass is 19.1. The molecule has 0 aliphatic carbocycles. The third kappa shape index (κ3) is 2.98. The lowest BCUT2D eigenvalue weighted by Gasteiger charge is -2.09. The summed E-state index contributed by atoms with van der Waals surface area (Å²) in [5.74, 6) is -0.319. The van der Waals surface area contributed by atoms with Gasteiger partial charge in [0.25, 0.3) is 0 Å². The number of benzene rings is 1. The van der Waals surface area contributed by atoms with Gasteiger partial charge in [0.15, 0.2) is 11.6 Å². The molecule has 78 valence electrons. The first-order chi connectivity index (χ1) is 6.63. The van der Waals surface area contributed by atoms with Crippen LogP contribution in [-0.2, 0) is 0 Å². The van der Waals surface area contributed by atoms with Crippen molar-refractivity contribution in [3.05, 3.63) is 29.6 Å². The van der Waals surface area contributed by atoms with Crippen LogP contribution in [0.1, 0.15) is 18.9 Å². The van der Waals surface area contributed by atoms with E-state index >= 15 is 0 Å². The van der Waals surface area contributed by atoms with Crippen LogP contribution < -0.4 is 4.74 Å². The van der Waals surface area contributed by atoms with Gasteiger partial charge in [-0.1, -0.05) is 13.0 Å². The monoisotopic (exact) mass is 200 g/mol. The van der Waals surface area contributed by atoms with Crippen LogP contribution in [0.3, 0.4) is 0 Å². The average Bonchev–Trinajstić information content (AvgIpc) is 2.19. The van der Waals surface area contributed by atoms with Gasteiger partial charge in [-0.3, -0.25) is 0 Å². The second kappa shape index (κ2) is 4.94. The van der Waals surface area contributed by atoms with Gasteiger partial charge in [0.05, 0.1) is 0 Å². The van der Waals surface area contributed by atoms with Gasteiger partial charge < -0.3 is 4.74 Å². The molecule has 0 aliphatic heterocycles. The fourth-order valence-corrected chi connectivity index (χ4v) is 1.02. The maximum absolute atomic E-state index is 13.1. The number of hydrogen-bond acceptors (Lipinski definition) is 1. The summed E-state index contributed by atoms with van der Waals surface area (Å²) in [6, 6.07) is 4.54. The normalized spacial score (nSPS) is 12.6. The Kier molecular flexibility index (Phi) is 3.86. The first-order valence-corrected chi connectivity index (χ1v) is 4.66. The summed E-state index contributed by atoms with van der Waals surface area (Å²) in [6.45, 7) is 3.47. The largest absolute Gasteiger partial charge is 0.487 e. The number of aryl methyl sites for hydroxylation is 1. The summed E-state index contributed by atoms with van der Waals surface area (Å²) in [5, 5.41) is 0. The number of ether oxygens (including phenoxy) is 1. The van der Waals surface area contributed by atoms with Gasteiger partial charge in [0.2, 0.25) is 0 Å². The van der Waals surface area contributed by atoms with Crippen LogP contribution in [0.15, 0.2) is 18.2 Å². The molecule has 0 aromatic heterocycles. The molecule has 1 aromatic rings. The molecule has 14 heavy (non-hydrogen) atoms. The maximum atomic E-state index is 13.1. The Morgan fingerprint density at radius 1 is 1.43 bits per heavy atom. The maximum Gasteiger partial charge on any atom is 0.165 e. The van der Waals surface area contributed by atoms with Gasteiger partial charge >= 0.3 is 0 Å². The standard InChI is InChI=1S/C11H14F2O/c1-3-9(12)7-14-11-6-8(2)4-5-10(11)13/h4-6,9H,3,7H2,1-2H3. The fraction of sp³-hybridized carbons (Fsp3) is 0.455. The minimum Gasteiger partial charge on any atom is -0.487 e. The van der Waals surface area contributed by atoms with Gasteiger partial charge in [0, 0.05) is 0 Å². The Morgan fingerprint density at radius 3 is 2.79 bits per heavy atom. The van der Waals surface area contributed by atoms with Crippen LogP contribution in [0.2, 0.25) is 0 Å². The van der Waals surface area contributed by atoms with E-state index in [2.05, 4.69) is 0 Å². The molecule has 0 saturated carbocycles. The van der Waals surface area contributed by atoms with Crippen molar-refractivity contribution in [1.29, 1.82) is 0 Å². The summed E-state index contributed by atoms with van der Waals surface area (Å²) in [7, 11) is 0. The molecule has 0 heterocycles. The topological polar surface area (TPSA) is 9.23 Å². The van der Waals surface area contributed by atoms with Crippen LogP contribution in [0.25, 0.3) is 0 Å². The Bertz CT molecular complexity index is 299. The molecule has 0 amide bonds. The third-order valence-corrected chi connectivity index (χ3v) is 1.95. The number of hydrogen-bond donors (Lipinski definition) is 0. The number of rotatable bonds is 4. The second-order valence-corrected chi connectivity index (χ2v) is 3.25. The molecule has 0 spiro atoms. The van der Waals surface area contributed by atoms with Crippen LogP contribution in [-0.4, -0.2) is 12.8 Å². The van der Waals surface area contributed by atoms with E-state index in [0.717, 1.165) is 5.56 Å². The highest BCUT2D eigenvalue weighted by Gasteiger charge is 2.07. The van der Waals surface area contributed by atoms with Crippen molar-refractivity contribution in [1.82, 2.24) is 0 Å². The Balaban J connectivity index is 2.62. The van der Waals surface area contributed by atoms with Crippen molar-refractivity contribution < 1.29 is 13.5 Å². The molecular weight excluding hydrogens is 186 g/mol. The average molecular weight is 200 g/mol. The minimum atomic E-state index is -1.03. The van der Waals surface area contributed by atoms with Gasteiger partial charge in [-0.15, -0.1) is 0 Å². The molecule has 0 saturated heterocycles.